The second-order valence-corrected chi connectivity index (χ2v) is 5.10. The van der Waals surface area contributed by atoms with Crippen molar-refractivity contribution in [2.45, 2.75) is 13.5 Å². The number of rotatable bonds is 3. The van der Waals surface area contributed by atoms with Gasteiger partial charge < -0.3 is 15.5 Å². The summed E-state index contributed by atoms with van der Waals surface area (Å²) in [6.45, 7) is 2.52. The molecule has 0 spiro atoms. The van der Waals surface area contributed by atoms with Gasteiger partial charge in [-0.2, -0.15) is 0 Å². The van der Waals surface area contributed by atoms with Crippen molar-refractivity contribution >= 4 is 21.6 Å². The van der Waals surface area contributed by atoms with E-state index in [2.05, 4.69) is 21.2 Å². The predicted molar refractivity (Wildman–Crippen MR) is 76.0 cm³/mol. The van der Waals surface area contributed by atoms with Gasteiger partial charge in [-0.15, -0.1) is 0 Å². The molecule has 0 heterocycles. The van der Waals surface area contributed by atoms with Crippen molar-refractivity contribution in [2.24, 2.45) is 0 Å². The number of hydrogen-bond donors (Lipinski definition) is 3. The number of hydrogen-bond acceptors (Lipinski definition) is 3. The average Bonchev–Trinajstić information content (AvgIpc) is 2.26. The third kappa shape index (κ3) is 3.17. The Morgan fingerprint density at radius 3 is 2.56 bits per heavy atom. The van der Waals surface area contributed by atoms with Gasteiger partial charge in [0, 0.05) is 28.3 Å². The Hall–Kier alpha value is -1.68. The summed E-state index contributed by atoms with van der Waals surface area (Å²) in [5, 5.41) is 22.1. The fourth-order valence-electron chi connectivity index (χ4n) is 1.74. The molecule has 2 rings (SSSR count). The van der Waals surface area contributed by atoms with Gasteiger partial charge in [-0.3, -0.25) is 0 Å². The lowest BCUT2D eigenvalue weighted by Crippen LogP contribution is -1.99. The van der Waals surface area contributed by atoms with Crippen LogP contribution in [0.3, 0.4) is 0 Å². The van der Waals surface area contributed by atoms with Gasteiger partial charge in [0.2, 0.25) is 0 Å². The molecule has 0 fully saturated rings. The average molecular weight is 308 g/mol. The Morgan fingerprint density at radius 2 is 1.89 bits per heavy atom. The van der Waals surface area contributed by atoms with E-state index in [0.29, 0.717) is 6.54 Å². The maximum absolute atomic E-state index is 9.67. The molecule has 4 heteroatoms. The molecule has 18 heavy (non-hydrogen) atoms. The molecule has 0 amide bonds. The van der Waals surface area contributed by atoms with Crippen LogP contribution in [0.4, 0.5) is 5.69 Å². The number of benzene rings is 2. The SMILES string of the molecule is Cc1cc(Br)cc(NCc2ccc(O)cc2O)c1. The van der Waals surface area contributed by atoms with E-state index in [1.54, 1.807) is 12.1 Å². The topological polar surface area (TPSA) is 52.5 Å². The van der Waals surface area contributed by atoms with Crippen LogP contribution in [0.1, 0.15) is 11.1 Å². The fraction of sp³-hybridized carbons (Fsp3) is 0.143. The van der Waals surface area contributed by atoms with Crippen LogP contribution in [0.2, 0.25) is 0 Å². The number of phenols is 2. The van der Waals surface area contributed by atoms with E-state index in [0.717, 1.165) is 21.3 Å². The van der Waals surface area contributed by atoms with Crippen LogP contribution >= 0.6 is 15.9 Å². The van der Waals surface area contributed by atoms with Crippen LogP contribution < -0.4 is 5.32 Å². The second-order valence-electron chi connectivity index (χ2n) is 4.18. The van der Waals surface area contributed by atoms with Crippen LogP contribution in [-0.4, -0.2) is 10.2 Å². The number of aryl methyl sites for hydroxylation is 1. The summed E-state index contributed by atoms with van der Waals surface area (Å²) in [5.74, 6) is 0.156. The number of phenolic OH excluding ortho intramolecular Hbond substituents is 2. The first-order valence-electron chi connectivity index (χ1n) is 5.56. The summed E-state index contributed by atoms with van der Waals surface area (Å²) in [6, 6.07) is 10.6. The van der Waals surface area contributed by atoms with Crippen LogP contribution in [0.15, 0.2) is 40.9 Å². The van der Waals surface area contributed by atoms with E-state index in [1.165, 1.54) is 6.07 Å². The van der Waals surface area contributed by atoms with Gasteiger partial charge in [0.05, 0.1) is 0 Å². The highest BCUT2D eigenvalue weighted by Crippen LogP contribution is 2.24. The first-order chi connectivity index (χ1) is 8.54. The molecule has 0 bridgehead atoms. The number of halogens is 1. The van der Waals surface area contributed by atoms with Crippen molar-refractivity contribution < 1.29 is 10.2 Å². The highest BCUT2D eigenvalue weighted by Gasteiger charge is 2.03. The largest absolute Gasteiger partial charge is 0.508 e. The van der Waals surface area contributed by atoms with Crippen molar-refractivity contribution in [3.63, 3.8) is 0 Å². The molecule has 0 saturated heterocycles. The molecule has 0 aliphatic carbocycles. The molecule has 0 aromatic heterocycles. The molecule has 94 valence electrons. The van der Waals surface area contributed by atoms with Crippen LogP contribution in [0, 0.1) is 6.92 Å². The van der Waals surface area contributed by atoms with Crippen LogP contribution in [-0.2, 0) is 6.54 Å². The van der Waals surface area contributed by atoms with E-state index in [1.807, 2.05) is 25.1 Å². The Labute approximate surface area is 114 Å². The zero-order valence-corrected chi connectivity index (χ0v) is 11.5. The first-order valence-corrected chi connectivity index (χ1v) is 6.36. The number of anilines is 1. The van der Waals surface area contributed by atoms with E-state index < -0.39 is 0 Å². The van der Waals surface area contributed by atoms with Gasteiger partial charge >= 0.3 is 0 Å². The summed E-state index contributed by atoms with van der Waals surface area (Å²) < 4.78 is 1.01. The minimum Gasteiger partial charge on any atom is -0.508 e. The third-order valence-electron chi connectivity index (χ3n) is 2.59. The molecule has 0 aliphatic heterocycles. The minimum absolute atomic E-state index is 0.0644. The highest BCUT2D eigenvalue weighted by atomic mass is 79.9. The van der Waals surface area contributed by atoms with Crippen molar-refractivity contribution in [1.29, 1.82) is 0 Å². The Morgan fingerprint density at radius 1 is 1.11 bits per heavy atom. The fourth-order valence-corrected chi connectivity index (χ4v) is 2.35. The lowest BCUT2D eigenvalue weighted by Gasteiger charge is -2.09. The van der Waals surface area contributed by atoms with Gasteiger partial charge in [0.25, 0.3) is 0 Å². The highest BCUT2D eigenvalue weighted by molar-refractivity contribution is 9.10. The molecular formula is C14H14BrNO2. The lowest BCUT2D eigenvalue weighted by molar-refractivity contribution is 0.446. The quantitative estimate of drug-likeness (QED) is 0.809. The minimum atomic E-state index is 0.0644. The first kappa shape index (κ1) is 12.8. The standard InChI is InChI=1S/C14H14BrNO2/c1-9-4-11(15)6-12(5-9)16-8-10-2-3-13(17)7-14(10)18/h2-7,16-18H,8H2,1H3. The molecule has 3 N–H and O–H groups in total. The molecular weight excluding hydrogens is 294 g/mol. The normalized spacial score (nSPS) is 10.3. The molecule has 0 unspecified atom stereocenters. The summed E-state index contributed by atoms with van der Waals surface area (Å²) in [7, 11) is 0. The summed E-state index contributed by atoms with van der Waals surface area (Å²) >= 11 is 3.44. The van der Waals surface area contributed by atoms with E-state index in [4.69, 9.17) is 0 Å². The van der Waals surface area contributed by atoms with Crippen molar-refractivity contribution in [3.05, 3.63) is 52.0 Å². The van der Waals surface area contributed by atoms with Gasteiger partial charge in [0.15, 0.2) is 0 Å². The van der Waals surface area contributed by atoms with E-state index >= 15 is 0 Å². The molecule has 0 saturated carbocycles. The van der Waals surface area contributed by atoms with Crippen molar-refractivity contribution in [1.82, 2.24) is 0 Å². The summed E-state index contributed by atoms with van der Waals surface area (Å²) in [4.78, 5) is 0. The van der Waals surface area contributed by atoms with Crippen molar-refractivity contribution in [3.8, 4) is 11.5 Å². The maximum Gasteiger partial charge on any atom is 0.124 e. The van der Waals surface area contributed by atoms with Gasteiger partial charge in [-0.1, -0.05) is 15.9 Å². The zero-order chi connectivity index (χ0) is 13.1. The molecule has 2 aromatic carbocycles. The Balaban J connectivity index is 2.11. The lowest BCUT2D eigenvalue weighted by atomic mass is 10.1. The molecule has 0 aliphatic rings. The molecule has 3 nitrogen and oxygen atoms in total. The van der Waals surface area contributed by atoms with Crippen LogP contribution in [0.25, 0.3) is 0 Å². The molecule has 2 aromatic rings. The third-order valence-corrected chi connectivity index (χ3v) is 3.05. The van der Waals surface area contributed by atoms with Crippen molar-refractivity contribution in [2.75, 3.05) is 5.32 Å². The molecule has 0 atom stereocenters. The Kier molecular flexibility index (Phi) is 3.77. The van der Waals surface area contributed by atoms with E-state index in [-0.39, 0.29) is 11.5 Å². The number of nitrogens with one attached hydrogen (secondary N) is 1. The number of aromatic hydroxyl groups is 2. The monoisotopic (exact) mass is 307 g/mol. The summed E-state index contributed by atoms with van der Waals surface area (Å²) in [5.41, 5.74) is 2.88. The van der Waals surface area contributed by atoms with E-state index in [9.17, 15) is 10.2 Å². The summed E-state index contributed by atoms with van der Waals surface area (Å²) in [6.07, 6.45) is 0. The van der Waals surface area contributed by atoms with Gasteiger partial charge in [0.1, 0.15) is 11.5 Å². The predicted octanol–water partition coefficient (Wildman–Crippen LogP) is 3.78. The smallest absolute Gasteiger partial charge is 0.124 e. The van der Waals surface area contributed by atoms with Crippen LogP contribution in [0.5, 0.6) is 11.5 Å². The Bertz CT molecular complexity index is 549. The maximum atomic E-state index is 9.67. The second kappa shape index (κ2) is 5.31. The van der Waals surface area contributed by atoms with Gasteiger partial charge in [-0.25, -0.2) is 0 Å². The van der Waals surface area contributed by atoms with Gasteiger partial charge in [-0.05, 0) is 42.8 Å². The zero-order valence-electron chi connectivity index (χ0n) is 9.94. The molecule has 0 radical (unpaired) electrons.